The monoisotopic (exact) mass is 423 g/mol. The molecule has 0 amide bonds. The molecule has 122 valence electrons. The Bertz CT molecular complexity index is 546. The second-order valence-electron chi connectivity index (χ2n) is 5.47. The van der Waals surface area contributed by atoms with Gasteiger partial charge < -0.3 is 11.1 Å². The topological polar surface area (TPSA) is 56.9 Å². The molecule has 0 aromatic heterocycles. The van der Waals surface area contributed by atoms with Crippen LogP contribution in [0.5, 0.6) is 0 Å². The third-order valence-electron chi connectivity index (χ3n) is 4.06. The molecule has 0 saturated carbocycles. The van der Waals surface area contributed by atoms with Crippen LogP contribution in [-0.2, 0) is 0 Å². The number of nitrogens with zero attached hydrogens (tertiary/aromatic N) is 3. The SMILES string of the molecule is I.NC(=NCC1CN2CCN1CC2)Nc1cc(F)ccc1F. The van der Waals surface area contributed by atoms with E-state index in [4.69, 9.17) is 5.73 Å². The molecule has 4 rings (SSSR count). The number of halogens is 3. The molecule has 0 radical (unpaired) electrons. The van der Waals surface area contributed by atoms with E-state index in [-0.39, 0.29) is 35.6 Å². The molecule has 5 nitrogen and oxygen atoms in total. The van der Waals surface area contributed by atoms with E-state index in [0.29, 0.717) is 12.6 Å². The normalized spacial score (nSPS) is 27.4. The molecule has 1 unspecified atom stereocenters. The van der Waals surface area contributed by atoms with E-state index in [1.807, 2.05) is 0 Å². The molecule has 1 aromatic rings. The van der Waals surface area contributed by atoms with Crippen molar-refractivity contribution >= 4 is 35.6 Å². The summed E-state index contributed by atoms with van der Waals surface area (Å²) >= 11 is 0. The molecule has 3 N–H and O–H groups in total. The van der Waals surface area contributed by atoms with Crippen LogP contribution in [-0.4, -0.2) is 61.1 Å². The highest BCUT2D eigenvalue weighted by Gasteiger charge is 2.31. The average molecular weight is 423 g/mol. The summed E-state index contributed by atoms with van der Waals surface area (Å²) in [5, 5.41) is 2.62. The second-order valence-corrected chi connectivity index (χ2v) is 5.47. The van der Waals surface area contributed by atoms with Gasteiger partial charge in [0.25, 0.3) is 0 Å². The summed E-state index contributed by atoms with van der Waals surface area (Å²) in [6, 6.07) is 3.54. The predicted molar refractivity (Wildman–Crippen MR) is 93.7 cm³/mol. The van der Waals surface area contributed by atoms with Crippen molar-refractivity contribution in [1.29, 1.82) is 0 Å². The molecule has 0 spiro atoms. The highest BCUT2D eigenvalue weighted by molar-refractivity contribution is 14.0. The molecule has 22 heavy (non-hydrogen) atoms. The zero-order valence-electron chi connectivity index (χ0n) is 12.1. The number of hydrogen-bond acceptors (Lipinski definition) is 3. The first kappa shape index (κ1) is 17.4. The van der Waals surface area contributed by atoms with Gasteiger partial charge in [-0.05, 0) is 12.1 Å². The Balaban J connectivity index is 0.00000176. The largest absolute Gasteiger partial charge is 0.370 e. The van der Waals surface area contributed by atoms with Crippen molar-refractivity contribution in [3.63, 3.8) is 0 Å². The van der Waals surface area contributed by atoms with Crippen molar-refractivity contribution in [2.24, 2.45) is 10.7 Å². The summed E-state index contributed by atoms with van der Waals surface area (Å²) in [5.41, 5.74) is 5.76. The van der Waals surface area contributed by atoms with Gasteiger partial charge in [0.1, 0.15) is 11.6 Å². The number of benzene rings is 1. The van der Waals surface area contributed by atoms with Crippen molar-refractivity contribution < 1.29 is 8.78 Å². The Morgan fingerprint density at radius 3 is 2.64 bits per heavy atom. The summed E-state index contributed by atoms with van der Waals surface area (Å²) < 4.78 is 26.6. The van der Waals surface area contributed by atoms with E-state index in [2.05, 4.69) is 20.1 Å². The van der Waals surface area contributed by atoms with Crippen molar-refractivity contribution in [2.45, 2.75) is 6.04 Å². The minimum absolute atomic E-state index is 0. The van der Waals surface area contributed by atoms with E-state index in [1.54, 1.807) is 0 Å². The van der Waals surface area contributed by atoms with Crippen LogP contribution in [0.2, 0.25) is 0 Å². The van der Waals surface area contributed by atoms with Crippen LogP contribution in [0.3, 0.4) is 0 Å². The average Bonchev–Trinajstić information content (AvgIpc) is 2.50. The molecule has 1 atom stereocenters. The summed E-state index contributed by atoms with van der Waals surface area (Å²) in [4.78, 5) is 9.07. The quantitative estimate of drug-likeness (QED) is 0.438. The molecule has 8 heteroatoms. The van der Waals surface area contributed by atoms with Crippen LogP contribution in [0.25, 0.3) is 0 Å². The van der Waals surface area contributed by atoms with Crippen molar-refractivity contribution in [3.8, 4) is 0 Å². The molecule has 0 aliphatic carbocycles. The zero-order chi connectivity index (χ0) is 14.8. The van der Waals surface area contributed by atoms with Crippen molar-refractivity contribution in [3.05, 3.63) is 29.8 Å². The van der Waals surface area contributed by atoms with Crippen LogP contribution >= 0.6 is 24.0 Å². The van der Waals surface area contributed by atoms with E-state index in [9.17, 15) is 8.78 Å². The summed E-state index contributed by atoms with van der Waals surface area (Å²) in [6.07, 6.45) is 0. The molecule has 3 aliphatic heterocycles. The third-order valence-corrected chi connectivity index (χ3v) is 4.06. The Morgan fingerprint density at radius 1 is 1.27 bits per heavy atom. The van der Waals surface area contributed by atoms with Gasteiger partial charge >= 0.3 is 0 Å². The first-order chi connectivity index (χ1) is 10.1. The lowest BCUT2D eigenvalue weighted by Crippen LogP contribution is -2.61. The molecule has 3 heterocycles. The Hall–Kier alpha value is -1.00. The minimum atomic E-state index is -0.555. The predicted octanol–water partition coefficient (Wildman–Crippen LogP) is 1.31. The number of guanidine groups is 1. The number of nitrogens with two attached hydrogens (primary N) is 1. The molecule has 1 aromatic carbocycles. The highest BCUT2D eigenvalue weighted by Crippen LogP contribution is 2.17. The number of rotatable bonds is 3. The van der Waals surface area contributed by atoms with Gasteiger partial charge in [0.2, 0.25) is 0 Å². The Kier molecular flexibility index (Phi) is 5.93. The van der Waals surface area contributed by atoms with Gasteiger partial charge in [0.05, 0.1) is 12.2 Å². The van der Waals surface area contributed by atoms with Crippen LogP contribution < -0.4 is 11.1 Å². The fraction of sp³-hybridized carbons (Fsp3) is 0.500. The van der Waals surface area contributed by atoms with E-state index < -0.39 is 11.6 Å². The highest BCUT2D eigenvalue weighted by atomic mass is 127. The van der Waals surface area contributed by atoms with Gasteiger partial charge in [-0.2, -0.15) is 0 Å². The van der Waals surface area contributed by atoms with Crippen molar-refractivity contribution in [2.75, 3.05) is 44.6 Å². The van der Waals surface area contributed by atoms with Gasteiger partial charge in [0.15, 0.2) is 5.96 Å². The molecule has 3 aliphatic rings. The molecule has 3 saturated heterocycles. The van der Waals surface area contributed by atoms with Gasteiger partial charge in [-0.3, -0.25) is 14.8 Å². The maximum absolute atomic E-state index is 13.5. The van der Waals surface area contributed by atoms with E-state index in [1.165, 1.54) is 0 Å². The van der Waals surface area contributed by atoms with Crippen LogP contribution in [0.4, 0.5) is 14.5 Å². The first-order valence-corrected chi connectivity index (χ1v) is 7.10. The lowest BCUT2D eigenvalue weighted by atomic mass is 10.1. The number of nitrogens with one attached hydrogen (secondary N) is 1. The summed E-state index contributed by atoms with van der Waals surface area (Å²) in [6.45, 7) is 5.90. The lowest BCUT2D eigenvalue weighted by Gasteiger charge is -2.47. The second kappa shape index (κ2) is 7.51. The fourth-order valence-corrected chi connectivity index (χ4v) is 2.87. The number of hydrogen-bond donors (Lipinski definition) is 2. The number of piperazine rings is 3. The number of fused-ring (bicyclic) bond motifs is 3. The third kappa shape index (κ3) is 4.05. The van der Waals surface area contributed by atoms with Crippen LogP contribution in [0, 0.1) is 11.6 Å². The first-order valence-electron chi connectivity index (χ1n) is 7.10. The zero-order valence-corrected chi connectivity index (χ0v) is 14.5. The van der Waals surface area contributed by atoms with E-state index >= 15 is 0 Å². The van der Waals surface area contributed by atoms with Gasteiger partial charge in [0, 0.05) is 44.8 Å². The smallest absolute Gasteiger partial charge is 0.193 e. The minimum Gasteiger partial charge on any atom is -0.370 e. The molecular formula is C14H20F2IN5. The van der Waals surface area contributed by atoms with Gasteiger partial charge in [-0.15, -0.1) is 24.0 Å². The van der Waals surface area contributed by atoms with E-state index in [0.717, 1.165) is 50.9 Å². The standard InChI is InChI=1S/C14H19F2N5.HI/c15-10-1-2-12(16)13(7-10)19-14(17)18-8-11-9-20-3-5-21(11)6-4-20;/h1-2,7,11H,3-6,8-9H2,(H3,17,18,19);1H. The van der Waals surface area contributed by atoms with Crippen LogP contribution in [0.15, 0.2) is 23.2 Å². The Labute approximate surface area is 145 Å². The maximum Gasteiger partial charge on any atom is 0.193 e. The lowest BCUT2D eigenvalue weighted by molar-refractivity contribution is 0.0174. The fourth-order valence-electron chi connectivity index (χ4n) is 2.87. The van der Waals surface area contributed by atoms with Gasteiger partial charge in [-0.25, -0.2) is 8.78 Å². The maximum atomic E-state index is 13.5. The van der Waals surface area contributed by atoms with Crippen LogP contribution in [0.1, 0.15) is 0 Å². The summed E-state index contributed by atoms with van der Waals surface area (Å²) in [7, 11) is 0. The number of aliphatic imine (C=N–C) groups is 1. The molecule has 2 bridgehead atoms. The number of anilines is 1. The van der Waals surface area contributed by atoms with Crippen molar-refractivity contribution in [1.82, 2.24) is 9.80 Å². The molecular weight excluding hydrogens is 403 g/mol. The van der Waals surface area contributed by atoms with Gasteiger partial charge in [-0.1, -0.05) is 0 Å². The Morgan fingerprint density at radius 2 is 2.00 bits per heavy atom. The molecule has 3 fully saturated rings. The summed E-state index contributed by atoms with van der Waals surface area (Å²) in [5.74, 6) is -0.964.